The van der Waals surface area contributed by atoms with Crippen LogP contribution in [0, 0.1) is 5.92 Å². The van der Waals surface area contributed by atoms with Gasteiger partial charge in [-0.3, -0.25) is 9.59 Å². The fourth-order valence-corrected chi connectivity index (χ4v) is 1.34. The zero-order valence-electron chi connectivity index (χ0n) is 10.1. The maximum Gasteiger partial charge on any atom is 0.274 e. The Morgan fingerprint density at radius 3 is 2.83 bits per heavy atom. The lowest BCUT2D eigenvalue weighted by atomic mass is 10.1. The number of hydrogen-bond donors (Lipinski definition) is 3. The van der Waals surface area contributed by atoms with Crippen molar-refractivity contribution in [1.29, 1.82) is 0 Å². The molecule has 0 aliphatic rings. The van der Waals surface area contributed by atoms with Gasteiger partial charge in [-0.25, -0.2) is 5.10 Å². The number of carbonyl (C=O) groups is 1. The number of aromatic nitrogens is 2. The summed E-state index contributed by atoms with van der Waals surface area (Å²) in [5.41, 5.74) is 5.18. The molecule has 1 amide bonds. The van der Waals surface area contributed by atoms with Gasteiger partial charge in [-0.15, -0.1) is 0 Å². The minimum atomic E-state index is -0.376. The minimum absolute atomic E-state index is 0.0454. The van der Waals surface area contributed by atoms with Crippen molar-refractivity contribution < 1.29 is 10.0 Å². The lowest BCUT2D eigenvalue weighted by molar-refractivity contribution is 0.0779. The molecule has 1 aromatic heterocycles. The zero-order valence-corrected chi connectivity index (χ0v) is 10.1. The fraction of sp³-hybridized carbons (Fsp3) is 0.400. The van der Waals surface area contributed by atoms with Crippen molar-refractivity contribution in [3.05, 3.63) is 28.2 Å². The van der Waals surface area contributed by atoms with E-state index in [9.17, 15) is 9.59 Å². The van der Waals surface area contributed by atoms with Crippen molar-refractivity contribution in [2.24, 2.45) is 16.8 Å². The number of nitrogens with two attached hydrogens (primary N) is 1. The summed E-state index contributed by atoms with van der Waals surface area (Å²) in [6, 6.07) is 2.56. The molecule has 0 radical (unpaired) electrons. The SMILES string of the molecule is CC(CN(C)C(=O)c1ccc(=O)[nH]n1)/C(N)=N/O. The summed E-state index contributed by atoms with van der Waals surface area (Å²) in [6.45, 7) is 1.99. The van der Waals surface area contributed by atoms with Gasteiger partial charge in [-0.05, 0) is 6.07 Å². The summed E-state index contributed by atoms with van der Waals surface area (Å²) in [6.07, 6.45) is 0. The molecule has 0 aromatic carbocycles. The highest BCUT2D eigenvalue weighted by Gasteiger charge is 2.17. The lowest BCUT2D eigenvalue weighted by Gasteiger charge is -2.20. The molecule has 1 heterocycles. The summed E-state index contributed by atoms with van der Waals surface area (Å²) >= 11 is 0. The number of nitrogens with zero attached hydrogens (tertiary/aromatic N) is 3. The average molecular weight is 253 g/mol. The highest BCUT2D eigenvalue weighted by molar-refractivity contribution is 5.92. The van der Waals surface area contributed by atoms with Crippen molar-refractivity contribution in [2.75, 3.05) is 13.6 Å². The molecule has 98 valence electrons. The second-order valence-corrected chi connectivity index (χ2v) is 3.92. The van der Waals surface area contributed by atoms with Crippen LogP contribution in [0.3, 0.4) is 0 Å². The summed E-state index contributed by atoms with van der Waals surface area (Å²) in [5.74, 6) is -0.598. The summed E-state index contributed by atoms with van der Waals surface area (Å²) in [7, 11) is 1.57. The number of hydrogen-bond acceptors (Lipinski definition) is 5. The number of amidine groups is 1. The predicted molar refractivity (Wildman–Crippen MR) is 64.4 cm³/mol. The third-order valence-electron chi connectivity index (χ3n) is 2.41. The van der Waals surface area contributed by atoms with E-state index < -0.39 is 0 Å². The summed E-state index contributed by atoms with van der Waals surface area (Å²) in [4.78, 5) is 24.1. The Morgan fingerprint density at radius 1 is 1.67 bits per heavy atom. The number of rotatable bonds is 4. The third kappa shape index (κ3) is 3.30. The molecule has 1 unspecified atom stereocenters. The third-order valence-corrected chi connectivity index (χ3v) is 2.41. The van der Waals surface area contributed by atoms with Gasteiger partial charge in [0.25, 0.3) is 11.5 Å². The highest BCUT2D eigenvalue weighted by Crippen LogP contribution is 2.02. The Kier molecular flexibility index (Phi) is 4.41. The van der Waals surface area contributed by atoms with E-state index in [4.69, 9.17) is 10.9 Å². The van der Waals surface area contributed by atoms with E-state index in [2.05, 4.69) is 15.4 Å². The Hall–Kier alpha value is -2.38. The fourth-order valence-electron chi connectivity index (χ4n) is 1.34. The second-order valence-electron chi connectivity index (χ2n) is 3.92. The van der Waals surface area contributed by atoms with Crippen LogP contribution in [0.2, 0.25) is 0 Å². The number of amides is 1. The first kappa shape index (κ1) is 13.7. The first-order valence-corrected chi connectivity index (χ1v) is 5.24. The molecule has 0 bridgehead atoms. The normalized spacial score (nSPS) is 13.1. The molecule has 8 nitrogen and oxygen atoms in total. The van der Waals surface area contributed by atoms with Gasteiger partial charge in [0.1, 0.15) is 11.5 Å². The van der Waals surface area contributed by atoms with Crippen LogP contribution < -0.4 is 11.3 Å². The standard InChI is InChI=1S/C10H15N5O3/c1-6(9(11)14-18)5-15(2)10(17)7-3-4-8(16)13-12-7/h3-4,6,18H,5H2,1-2H3,(H2,11,14)(H,13,16). The molecular formula is C10H15N5O3. The Labute approximate surface area is 103 Å². The topological polar surface area (TPSA) is 125 Å². The van der Waals surface area contributed by atoms with E-state index in [0.717, 1.165) is 0 Å². The second kappa shape index (κ2) is 5.80. The van der Waals surface area contributed by atoms with E-state index in [-0.39, 0.29) is 35.5 Å². The lowest BCUT2D eigenvalue weighted by Crippen LogP contribution is -2.36. The van der Waals surface area contributed by atoms with Crippen LogP contribution in [-0.4, -0.2) is 45.6 Å². The summed E-state index contributed by atoms with van der Waals surface area (Å²) < 4.78 is 0. The van der Waals surface area contributed by atoms with Crippen LogP contribution in [-0.2, 0) is 0 Å². The van der Waals surface area contributed by atoms with Crippen molar-refractivity contribution >= 4 is 11.7 Å². The van der Waals surface area contributed by atoms with E-state index in [1.807, 2.05) is 0 Å². The first-order chi connectivity index (χ1) is 8.45. The Morgan fingerprint density at radius 2 is 2.33 bits per heavy atom. The van der Waals surface area contributed by atoms with Crippen molar-refractivity contribution in [2.45, 2.75) is 6.92 Å². The molecule has 1 atom stereocenters. The van der Waals surface area contributed by atoms with Crippen LogP contribution in [0.25, 0.3) is 0 Å². The Balaban J connectivity index is 2.73. The molecule has 0 saturated heterocycles. The smallest absolute Gasteiger partial charge is 0.274 e. The number of nitrogens with one attached hydrogen (secondary N) is 1. The molecule has 0 saturated carbocycles. The average Bonchev–Trinajstić information content (AvgIpc) is 2.37. The molecule has 4 N–H and O–H groups in total. The number of H-pyrrole nitrogens is 1. The molecule has 0 aliphatic heterocycles. The van der Waals surface area contributed by atoms with E-state index >= 15 is 0 Å². The van der Waals surface area contributed by atoms with Crippen molar-refractivity contribution in [3.8, 4) is 0 Å². The largest absolute Gasteiger partial charge is 0.409 e. The predicted octanol–water partition coefficient (Wildman–Crippen LogP) is -0.776. The zero-order chi connectivity index (χ0) is 13.7. The van der Waals surface area contributed by atoms with Gasteiger partial charge in [-0.2, -0.15) is 5.10 Å². The van der Waals surface area contributed by atoms with Crippen LogP contribution in [0.5, 0.6) is 0 Å². The monoisotopic (exact) mass is 253 g/mol. The molecule has 8 heteroatoms. The van der Waals surface area contributed by atoms with E-state index in [0.29, 0.717) is 0 Å². The number of carbonyl (C=O) groups excluding carboxylic acids is 1. The molecule has 1 aromatic rings. The van der Waals surface area contributed by atoms with Crippen molar-refractivity contribution in [1.82, 2.24) is 15.1 Å². The van der Waals surface area contributed by atoms with Gasteiger partial charge in [-0.1, -0.05) is 12.1 Å². The van der Waals surface area contributed by atoms with Gasteiger partial charge >= 0.3 is 0 Å². The maximum absolute atomic E-state index is 11.9. The molecular weight excluding hydrogens is 238 g/mol. The maximum atomic E-state index is 11.9. The molecule has 0 fully saturated rings. The first-order valence-electron chi connectivity index (χ1n) is 5.24. The van der Waals surface area contributed by atoms with Crippen LogP contribution >= 0.6 is 0 Å². The molecule has 0 spiro atoms. The number of oxime groups is 1. The van der Waals surface area contributed by atoms with Gasteiger partial charge in [0.2, 0.25) is 0 Å². The van der Waals surface area contributed by atoms with Gasteiger partial charge in [0, 0.05) is 25.6 Å². The van der Waals surface area contributed by atoms with Gasteiger partial charge < -0.3 is 15.8 Å². The summed E-state index contributed by atoms with van der Waals surface area (Å²) in [5, 5.41) is 17.2. The van der Waals surface area contributed by atoms with Crippen molar-refractivity contribution in [3.63, 3.8) is 0 Å². The minimum Gasteiger partial charge on any atom is -0.409 e. The van der Waals surface area contributed by atoms with Crippen LogP contribution in [0.1, 0.15) is 17.4 Å². The Bertz CT molecular complexity index is 490. The highest BCUT2D eigenvalue weighted by atomic mass is 16.4. The van der Waals surface area contributed by atoms with Crippen LogP contribution in [0.15, 0.2) is 22.1 Å². The molecule has 0 aliphatic carbocycles. The van der Waals surface area contributed by atoms with Crippen LogP contribution in [0.4, 0.5) is 0 Å². The van der Waals surface area contributed by atoms with Gasteiger partial charge in [0.05, 0.1) is 0 Å². The molecule has 18 heavy (non-hydrogen) atoms. The quantitative estimate of drug-likeness (QED) is 0.281. The van der Waals surface area contributed by atoms with Gasteiger partial charge in [0.15, 0.2) is 0 Å². The number of aromatic amines is 1. The van der Waals surface area contributed by atoms with E-state index in [1.54, 1.807) is 14.0 Å². The molecule has 1 rings (SSSR count). The van der Waals surface area contributed by atoms with E-state index in [1.165, 1.54) is 17.0 Å².